The molecule has 0 atom stereocenters. The van der Waals surface area contributed by atoms with Gasteiger partial charge in [0.1, 0.15) is 5.82 Å². The lowest BCUT2D eigenvalue weighted by Gasteiger charge is -2.11. The van der Waals surface area contributed by atoms with Crippen LogP contribution in [0.4, 0.5) is 4.39 Å². The van der Waals surface area contributed by atoms with Crippen molar-refractivity contribution in [2.75, 3.05) is 13.7 Å². The molecule has 0 unspecified atom stereocenters. The van der Waals surface area contributed by atoms with E-state index >= 15 is 0 Å². The Morgan fingerprint density at radius 2 is 1.81 bits per heavy atom. The normalized spacial score (nSPS) is 11.5. The van der Waals surface area contributed by atoms with Crippen molar-refractivity contribution in [1.82, 2.24) is 28.5 Å². The van der Waals surface area contributed by atoms with Crippen LogP contribution < -0.4 is 11.2 Å². The first-order valence-electron chi connectivity index (χ1n) is 9.79. The van der Waals surface area contributed by atoms with Gasteiger partial charge in [-0.1, -0.05) is 12.1 Å². The number of aromatic nitrogens is 6. The molecule has 0 fully saturated rings. The number of imidazole rings is 1. The van der Waals surface area contributed by atoms with E-state index in [0.29, 0.717) is 5.95 Å². The van der Waals surface area contributed by atoms with Crippen molar-refractivity contribution in [2.24, 2.45) is 7.05 Å². The van der Waals surface area contributed by atoms with Crippen LogP contribution >= 0.6 is 0 Å². The Labute approximate surface area is 176 Å². The number of ether oxygens (including phenoxy) is 1. The minimum absolute atomic E-state index is 0.120. The van der Waals surface area contributed by atoms with Gasteiger partial charge in [0.05, 0.1) is 25.4 Å². The molecule has 10 heteroatoms. The Balaban J connectivity index is 2.04. The Kier molecular flexibility index (Phi) is 5.32. The summed E-state index contributed by atoms with van der Waals surface area (Å²) >= 11 is 0. The van der Waals surface area contributed by atoms with E-state index < -0.39 is 11.2 Å². The third-order valence-corrected chi connectivity index (χ3v) is 5.18. The largest absolute Gasteiger partial charge is 0.383 e. The molecule has 31 heavy (non-hydrogen) atoms. The Morgan fingerprint density at radius 1 is 1.10 bits per heavy atom. The summed E-state index contributed by atoms with van der Waals surface area (Å²) in [5.41, 5.74) is 2.00. The molecule has 3 heterocycles. The lowest BCUT2D eigenvalue weighted by molar-refractivity contribution is 0.184. The number of hydrogen-bond acceptors (Lipinski definition) is 5. The molecule has 0 saturated heterocycles. The molecule has 4 rings (SSSR count). The highest BCUT2D eigenvalue weighted by molar-refractivity contribution is 5.73. The number of nitrogens with zero attached hydrogens (tertiary/aromatic N) is 6. The molecule has 162 valence electrons. The second-order valence-electron chi connectivity index (χ2n) is 7.43. The highest BCUT2D eigenvalue weighted by atomic mass is 19.1. The molecular weight excluding hydrogens is 403 g/mol. The lowest BCUT2D eigenvalue weighted by atomic mass is 10.2. The number of rotatable bonds is 6. The zero-order valence-electron chi connectivity index (χ0n) is 17.8. The van der Waals surface area contributed by atoms with Crippen LogP contribution in [-0.4, -0.2) is 42.2 Å². The topological polar surface area (TPSA) is 88.9 Å². The van der Waals surface area contributed by atoms with Crippen molar-refractivity contribution >= 4 is 11.2 Å². The molecule has 0 aliphatic rings. The molecule has 0 amide bonds. The maximum atomic E-state index is 13.4. The number of aryl methyl sites for hydroxylation is 3. The molecule has 0 spiro atoms. The SMILES string of the molecule is COCCn1c(=O)c2c(nc(-n3nc(C)cc3C)n2Cc2ccc(F)cc2)n(C)c1=O. The van der Waals surface area contributed by atoms with E-state index in [2.05, 4.69) is 10.1 Å². The molecule has 0 bridgehead atoms. The van der Waals surface area contributed by atoms with Gasteiger partial charge in [-0.15, -0.1) is 0 Å². The van der Waals surface area contributed by atoms with E-state index in [9.17, 15) is 14.0 Å². The first-order valence-corrected chi connectivity index (χ1v) is 9.79. The average molecular weight is 426 g/mol. The van der Waals surface area contributed by atoms with E-state index in [1.54, 1.807) is 28.4 Å². The predicted molar refractivity (Wildman–Crippen MR) is 113 cm³/mol. The first kappa shape index (κ1) is 20.7. The lowest BCUT2D eigenvalue weighted by Crippen LogP contribution is -2.40. The molecule has 0 N–H and O–H groups in total. The average Bonchev–Trinajstić information content (AvgIpc) is 3.27. The molecule has 0 aliphatic carbocycles. The van der Waals surface area contributed by atoms with Gasteiger partial charge >= 0.3 is 5.69 Å². The fourth-order valence-electron chi connectivity index (χ4n) is 3.66. The van der Waals surface area contributed by atoms with Crippen molar-refractivity contribution in [3.8, 4) is 5.95 Å². The fourth-order valence-corrected chi connectivity index (χ4v) is 3.66. The van der Waals surface area contributed by atoms with Gasteiger partial charge in [-0.05, 0) is 37.6 Å². The van der Waals surface area contributed by atoms with Crippen molar-refractivity contribution < 1.29 is 9.13 Å². The number of halogens is 1. The maximum absolute atomic E-state index is 13.4. The highest BCUT2D eigenvalue weighted by Gasteiger charge is 2.22. The molecule has 1 aromatic carbocycles. The molecular formula is C21H23FN6O3. The molecule has 0 saturated carbocycles. The summed E-state index contributed by atoms with van der Waals surface area (Å²) in [7, 11) is 3.08. The summed E-state index contributed by atoms with van der Waals surface area (Å²) in [6.45, 7) is 4.34. The number of benzene rings is 1. The first-order chi connectivity index (χ1) is 14.8. The summed E-state index contributed by atoms with van der Waals surface area (Å²) in [6, 6.07) is 7.93. The molecule has 9 nitrogen and oxygen atoms in total. The van der Waals surface area contributed by atoms with Gasteiger partial charge in [0.2, 0.25) is 5.95 Å². The zero-order chi connectivity index (χ0) is 22.3. The molecule has 4 aromatic rings. The summed E-state index contributed by atoms with van der Waals surface area (Å²) in [5.74, 6) is 0.0591. The van der Waals surface area contributed by atoms with Crippen LogP contribution in [0.5, 0.6) is 0 Å². The standard InChI is InChI=1S/C21H23FN6O3/c1-13-11-14(2)28(24-13)20-23-18-17(27(20)12-15-5-7-16(22)8-6-15)19(29)26(9-10-31-4)21(30)25(18)3/h5-8,11H,9-10,12H2,1-4H3. The van der Waals surface area contributed by atoms with Crippen molar-refractivity contribution in [1.29, 1.82) is 0 Å². The molecule has 3 aromatic heterocycles. The second-order valence-corrected chi connectivity index (χ2v) is 7.43. The Bertz CT molecular complexity index is 1380. The Hall–Kier alpha value is -3.53. The van der Waals surface area contributed by atoms with Crippen LogP contribution in [0.1, 0.15) is 17.0 Å². The van der Waals surface area contributed by atoms with Crippen LogP contribution in [0.3, 0.4) is 0 Å². The third kappa shape index (κ3) is 3.59. The van der Waals surface area contributed by atoms with Crippen LogP contribution in [0.2, 0.25) is 0 Å². The van der Waals surface area contributed by atoms with Crippen LogP contribution in [0, 0.1) is 19.7 Å². The van der Waals surface area contributed by atoms with Gasteiger partial charge in [0.15, 0.2) is 11.2 Å². The molecule has 0 aliphatic heterocycles. The van der Waals surface area contributed by atoms with E-state index in [1.807, 2.05) is 19.9 Å². The second kappa shape index (κ2) is 7.95. The molecule has 0 radical (unpaired) electrons. The van der Waals surface area contributed by atoms with Gasteiger partial charge in [-0.25, -0.2) is 13.9 Å². The fraction of sp³-hybridized carbons (Fsp3) is 0.333. The van der Waals surface area contributed by atoms with E-state index in [0.717, 1.165) is 21.5 Å². The smallest absolute Gasteiger partial charge is 0.332 e. The van der Waals surface area contributed by atoms with Gasteiger partial charge in [-0.2, -0.15) is 10.1 Å². The summed E-state index contributed by atoms with van der Waals surface area (Å²) < 4.78 is 24.3. The van der Waals surface area contributed by atoms with Crippen LogP contribution in [-0.2, 0) is 24.9 Å². The number of methoxy groups -OCH3 is 1. The van der Waals surface area contributed by atoms with Crippen LogP contribution in [0.15, 0.2) is 39.9 Å². The maximum Gasteiger partial charge on any atom is 0.332 e. The predicted octanol–water partition coefficient (Wildman–Crippen LogP) is 1.53. The number of fused-ring (bicyclic) bond motifs is 1. The minimum atomic E-state index is -0.471. The minimum Gasteiger partial charge on any atom is -0.383 e. The monoisotopic (exact) mass is 426 g/mol. The van der Waals surface area contributed by atoms with Gasteiger partial charge in [-0.3, -0.25) is 18.5 Å². The summed E-state index contributed by atoms with van der Waals surface area (Å²) in [4.78, 5) is 30.8. The van der Waals surface area contributed by atoms with Gasteiger partial charge in [0.25, 0.3) is 5.56 Å². The quantitative estimate of drug-likeness (QED) is 0.467. The van der Waals surface area contributed by atoms with Crippen molar-refractivity contribution in [3.05, 3.63) is 73.9 Å². The van der Waals surface area contributed by atoms with Crippen LogP contribution in [0.25, 0.3) is 17.1 Å². The van der Waals surface area contributed by atoms with E-state index in [-0.39, 0.29) is 36.7 Å². The Morgan fingerprint density at radius 3 is 2.42 bits per heavy atom. The van der Waals surface area contributed by atoms with Gasteiger partial charge < -0.3 is 4.74 Å². The van der Waals surface area contributed by atoms with Crippen molar-refractivity contribution in [2.45, 2.75) is 26.9 Å². The third-order valence-electron chi connectivity index (χ3n) is 5.18. The van der Waals surface area contributed by atoms with Crippen molar-refractivity contribution in [3.63, 3.8) is 0 Å². The number of hydrogen-bond donors (Lipinski definition) is 0. The van der Waals surface area contributed by atoms with E-state index in [4.69, 9.17) is 4.74 Å². The summed E-state index contributed by atoms with van der Waals surface area (Å²) in [5, 5.41) is 4.50. The van der Waals surface area contributed by atoms with Gasteiger partial charge in [0, 0.05) is 19.9 Å². The highest BCUT2D eigenvalue weighted by Crippen LogP contribution is 2.19. The van der Waals surface area contributed by atoms with E-state index in [1.165, 1.54) is 23.8 Å². The zero-order valence-corrected chi connectivity index (χ0v) is 17.8. The summed E-state index contributed by atoms with van der Waals surface area (Å²) in [6.07, 6.45) is 0.